The number of rotatable bonds is 3. The van der Waals surface area contributed by atoms with Crippen LogP contribution in [0, 0.1) is 11.3 Å². The number of nitrogens with one attached hydrogen (secondary N) is 1. The van der Waals surface area contributed by atoms with Gasteiger partial charge in [0.1, 0.15) is 17.6 Å². The summed E-state index contributed by atoms with van der Waals surface area (Å²) in [4.78, 5) is 3.84. The molecule has 6 heteroatoms. The molecule has 0 aromatic carbocycles. The molecule has 2 rings (SSSR count). The van der Waals surface area contributed by atoms with Gasteiger partial charge < -0.3 is 0 Å². The summed E-state index contributed by atoms with van der Waals surface area (Å²) in [5, 5.41) is 8.31. The summed E-state index contributed by atoms with van der Waals surface area (Å²) in [6.07, 6.45) is 1.40. The van der Waals surface area contributed by atoms with Crippen LogP contribution in [0.3, 0.4) is 0 Å². The number of nitriles is 1. The number of hydrogen-bond donors (Lipinski definition) is 1. The van der Waals surface area contributed by atoms with Crippen LogP contribution < -0.4 is 4.72 Å². The molecule has 0 amide bonds. The smallest absolute Gasteiger partial charge is 0.236 e. The fraction of sp³-hybridized carbons (Fsp3) is 0.333. The van der Waals surface area contributed by atoms with E-state index in [1.807, 2.05) is 6.07 Å². The molecule has 1 saturated carbocycles. The number of anilines is 1. The van der Waals surface area contributed by atoms with Gasteiger partial charge in [-0.2, -0.15) is 5.26 Å². The Morgan fingerprint density at radius 2 is 2.20 bits per heavy atom. The molecular weight excluding hydrogens is 214 g/mol. The lowest BCUT2D eigenvalue weighted by atomic mass is 10.4. The minimum absolute atomic E-state index is 0.200. The summed E-state index contributed by atoms with van der Waals surface area (Å²) in [5.41, 5.74) is 0.200. The van der Waals surface area contributed by atoms with E-state index >= 15 is 0 Å². The van der Waals surface area contributed by atoms with Crippen LogP contribution in [0.25, 0.3) is 0 Å². The number of hydrogen-bond acceptors (Lipinski definition) is 4. The van der Waals surface area contributed by atoms with Crippen LogP contribution in [-0.4, -0.2) is 18.7 Å². The highest BCUT2D eigenvalue weighted by Gasteiger charge is 2.35. The zero-order valence-corrected chi connectivity index (χ0v) is 8.66. The van der Waals surface area contributed by atoms with E-state index in [1.165, 1.54) is 12.1 Å². The lowest BCUT2D eigenvalue weighted by Crippen LogP contribution is -2.18. The Bertz CT molecular complexity index is 514. The van der Waals surface area contributed by atoms with Crippen LogP contribution in [0.2, 0.25) is 0 Å². The van der Waals surface area contributed by atoms with Crippen molar-refractivity contribution in [3.8, 4) is 6.07 Å². The summed E-state index contributed by atoms with van der Waals surface area (Å²) in [6, 6.07) is 6.50. The highest BCUT2D eigenvalue weighted by atomic mass is 32.2. The highest BCUT2D eigenvalue weighted by molar-refractivity contribution is 7.93. The third-order valence-electron chi connectivity index (χ3n) is 2.07. The van der Waals surface area contributed by atoms with Crippen molar-refractivity contribution in [2.24, 2.45) is 0 Å². The summed E-state index contributed by atoms with van der Waals surface area (Å²) in [6.45, 7) is 0. The van der Waals surface area contributed by atoms with Gasteiger partial charge in [0.2, 0.25) is 10.0 Å². The van der Waals surface area contributed by atoms with Crippen molar-refractivity contribution in [3.63, 3.8) is 0 Å². The number of sulfonamides is 1. The normalized spacial score (nSPS) is 15.7. The van der Waals surface area contributed by atoms with Gasteiger partial charge in [-0.15, -0.1) is 0 Å². The second kappa shape index (κ2) is 3.51. The molecule has 0 spiro atoms. The predicted molar refractivity (Wildman–Crippen MR) is 54.5 cm³/mol. The lowest BCUT2D eigenvalue weighted by molar-refractivity contribution is 0.600. The molecule has 1 aliphatic carbocycles. The molecule has 1 aromatic rings. The maximum absolute atomic E-state index is 11.5. The van der Waals surface area contributed by atoms with Crippen molar-refractivity contribution in [2.45, 2.75) is 18.1 Å². The number of aromatic nitrogens is 1. The molecule has 0 atom stereocenters. The summed E-state index contributed by atoms with van der Waals surface area (Å²) < 4.78 is 25.4. The topological polar surface area (TPSA) is 82.9 Å². The number of nitrogens with zero attached hydrogens (tertiary/aromatic N) is 2. The Morgan fingerprint density at radius 1 is 1.47 bits per heavy atom. The van der Waals surface area contributed by atoms with Crippen LogP contribution >= 0.6 is 0 Å². The summed E-state index contributed by atoms with van der Waals surface area (Å²) in [5.74, 6) is 0.209. The SMILES string of the molecule is N#Cc1cccc(NS(=O)(=O)C2CC2)n1. The first-order valence-corrected chi connectivity index (χ1v) is 6.05. The van der Waals surface area contributed by atoms with E-state index in [2.05, 4.69) is 9.71 Å². The van der Waals surface area contributed by atoms with Crippen molar-refractivity contribution in [1.82, 2.24) is 4.98 Å². The van der Waals surface area contributed by atoms with Crippen LogP contribution in [0.15, 0.2) is 18.2 Å². The first-order valence-electron chi connectivity index (χ1n) is 4.50. The molecule has 0 unspecified atom stereocenters. The first kappa shape index (κ1) is 9.93. The molecular formula is C9H9N3O2S. The minimum Gasteiger partial charge on any atom is -0.267 e. The third-order valence-corrected chi connectivity index (χ3v) is 3.92. The van der Waals surface area contributed by atoms with Crippen LogP contribution in [0.5, 0.6) is 0 Å². The Hall–Kier alpha value is -1.61. The van der Waals surface area contributed by atoms with Gasteiger partial charge in [-0.05, 0) is 25.0 Å². The average Bonchev–Trinajstić information content (AvgIpc) is 3.00. The molecule has 15 heavy (non-hydrogen) atoms. The standard InChI is InChI=1S/C9H9N3O2S/c10-6-7-2-1-3-9(11-7)12-15(13,14)8-4-5-8/h1-3,8H,4-5H2,(H,11,12). The van der Waals surface area contributed by atoms with Crippen molar-refractivity contribution in [3.05, 3.63) is 23.9 Å². The Morgan fingerprint density at radius 3 is 2.80 bits per heavy atom. The highest BCUT2D eigenvalue weighted by Crippen LogP contribution is 2.29. The lowest BCUT2D eigenvalue weighted by Gasteiger charge is -2.05. The second-order valence-electron chi connectivity index (χ2n) is 3.37. The molecule has 0 radical (unpaired) electrons. The fourth-order valence-electron chi connectivity index (χ4n) is 1.16. The van der Waals surface area contributed by atoms with E-state index in [0.717, 1.165) is 0 Å². The molecule has 78 valence electrons. The van der Waals surface area contributed by atoms with Crippen molar-refractivity contribution >= 4 is 15.8 Å². The predicted octanol–water partition coefficient (Wildman–Crippen LogP) is 0.857. The molecule has 1 heterocycles. The van der Waals surface area contributed by atoms with Gasteiger partial charge in [-0.3, -0.25) is 4.72 Å². The quantitative estimate of drug-likeness (QED) is 0.823. The van der Waals surface area contributed by atoms with Gasteiger partial charge in [0.05, 0.1) is 5.25 Å². The zero-order chi connectivity index (χ0) is 10.9. The second-order valence-corrected chi connectivity index (χ2v) is 5.33. The largest absolute Gasteiger partial charge is 0.267 e. The van der Waals surface area contributed by atoms with Gasteiger partial charge in [-0.1, -0.05) is 6.07 Å². The van der Waals surface area contributed by atoms with Gasteiger partial charge in [0.15, 0.2) is 0 Å². The van der Waals surface area contributed by atoms with E-state index in [1.54, 1.807) is 6.07 Å². The van der Waals surface area contributed by atoms with Gasteiger partial charge >= 0.3 is 0 Å². The van der Waals surface area contributed by atoms with E-state index in [-0.39, 0.29) is 16.8 Å². The molecule has 0 aliphatic heterocycles. The van der Waals surface area contributed by atoms with E-state index in [9.17, 15) is 8.42 Å². The van der Waals surface area contributed by atoms with Crippen LogP contribution in [-0.2, 0) is 10.0 Å². The Labute approximate surface area is 87.8 Å². The molecule has 1 aliphatic rings. The molecule has 1 aromatic heterocycles. The molecule has 0 bridgehead atoms. The van der Waals surface area contributed by atoms with E-state index in [4.69, 9.17) is 5.26 Å². The zero-order valence-electron chi connectivity index (χ0n) is 7.84. The van der Waals surface area contributed by atoms with Crippen molar-refractivity contribution < 1.29 is 8.42 Å². The van der Waals surface area contributed by atoms with Gasteiger partial charge in [0, 0.05) is 0 Å². The maximum atomic E-state index is 11.5. The minimum atomic E-state index is -3.29. The van der Waals surface area contributed by atoms with Gasteiger partial charge in [-0.25, -0.2) is 13.4 Å². The molecule has 0 saturated heterocycles. The molecule has 1 N–H and O–H groups in total. The monoisotopic (exact) mass is 223 g/mol. The Balaban J connectivity index is 2.21. The fourth-order valence-corrected chi connectivity index (χ4v) is 2.49. The van der Waals surface area contributed by atoms with Crippen molar-refractivity contribution in [1.29, 1.82) is 5.26 Å². The van der Waals surface area contributed by atoms with E-state index in [0.29, 0.717) is 12.8 Å². The number of pyridine rings is 1. The van der Waals surface area contributed by atoms with E-state index < -0.39 is 10.0 Å². The molecule has 1 fully saturated rings. The third kappa shape index (κ3) is 2.25. The maximum Gasteiger partial charge on any atom is 0.236 e. The van der Waals surface area contributed by atoms with Crippen LogP contribution in [0.4, 0.5) is 5.82 Å². The van der Waals surface area contributed by atoms with Gasteiger partial charge in [0.25, 0.3) is 0 Å². The summed E-state index contributed by atoms with van der Waals surface area (Å²) >= 11 is 0. The first-order chi connectivity index (χ1) is 7.12. The summed E-state index contributed by atoms with van der Waals surface area (Å²) in [7, 11) is -3.29. The van der Waals surface area contributed by atoms with Crippen LogP contribution in [0.1, 0.15) is 18.5 Å². The Kier molecular flexibility index (Phi) is 2.32. The van der Waals surface area contributed by atoms with Crippen molar-refractivity contribution in [2.75, 3.05) is 4.72 Å². The molecule has 5 nitrogen and oxygen atoms in total. The average molecular weight is 223 g/mol.